The molecule has 0 fully saturated rings. The molecule has 74 valence electrons. The molecule has 2 aromatic rings. The molecule has 2 rings (SSSR count). The summed E-state index contributed by atoms with van der Waals surface area (Å²) in [5.74, 6) is 2.29. The van der Waals surface area contributed by atoms with Gasteiger partial charge in [-0.3, -0.25) is 0 Å². The summed E-state index contributed by atoms with van der Waals surface area (Å²) in [5, 5.41) is 2.97. The third kappa shape index (κ3) is 1.70. The number of oxazole rings is 1. The number of nitrogens with one attached hydrogen (secondary N) is 1. The first kappa shape index (κ1) is 9.02. The van der Waals surface area contributed by atoms with E-state index in [1.54, 1.807) is 12.5 Å². The maximum absolute atomic E-state index is 5.49. The first-order valence-corrected chi connectivity index (χ1v) is 4.44. The van der Waals surface area contributed by atoms with Crippen molar-refractivity contribution in [2.75, 3.05) is 7.05 Å². The van der Waals surface area contributed by atoms with Crippen LogP contribution < -0.4 is 5.32 Å². The zero-order chi connectivity index (χ0) is 9.97. The molecule has 4 heteroatoms. The van der Waals surface area contributed by atoms with Crippen LogP contribution in [0.3, 0.4) is 0 Å². The topological polar surface area (TPSA) is 51.2 Å². The highest BCUT2D eigenvalue weighted by atomic mass is 16.4. The Morgan fingerprint density at radius 3 is 3.00 bits per heavy atom. The molecule has 0 saturated carbocycles. The van der Waals surface area contributed by atoms with Crippen molar-refractivity contribution in [2.45, 2.75) is 13.5 Å². The van der Waals surface area contributed by atoms with Crippen molar-refractivity contribution in [3.8, 4) is 11.3 Å². The number of rotatable bonds is 3. The Hall–Kier alpha value is -1.55. The monoisotopic (exact) mass is 192 g/mol. The van der Waals surface area contributed by atoms with Crippen molar-refractivity contribution in [3.63, 3.8) is 0 Å². The van der Waals surface area contributed by atoms with Crippen molar-refractivity contribution in [3.05, 3.63) is 30.2 Å². The van der Waals surface area contributed by atoms with Crippen LogP contribution in [0.15, 0.2) is 27.4 Å². The van der Waals surface area contributed by atoms with E-state index in [1.165, 1.54) is 0 Å². The first-order chi connectivity index (χ1) is 6.79. The van der Waals surface area contributed by atoms with Crippen LogP contribution in [0.4, 0.5) is 0 Å². The van der Waals surface area contributed by atoms with Gasteiger partial charge in [-0.05, 0) is 20.0 Å². The van der Waals surface area contributed by atoms with E-state index in [1.807, 2.05) is 20.0 Å². The Labute approximate surface area is 81.9 Å². The average Bonchev–Trinajstić information content (AvgIpc) is 2.74. The van der Waals surface area contributed by atoms with Crippen molar-refractivity contribution >= 4 is 0 Å². The molecular formula is C10H12N2O2. The third-order valence-corrected chi connectivity index (χ3v) is 1.90. The van der Waals surface area contributed by atoms with Gasteiger partial charge in [-0.1, -0.05) is 0 Å². The number of nitrogens with zero attached hydrogens (tertiary/aromatic N) is 1. The summed E-state index contributed by atoms with van der Waals surface area (Å²) in [6, 6.07) is 1.92. The Kier molecular flexibility index (Phi) is 2.37. The molecule has 0 amide bonds. The summed E-state index contributed by atoms with van der Waals surface area (Å²) in [7, 11) is 1.85. The predicted molar refractivity (Wildman–Crippen MR) is 51.7 cm³/mol. The molecule has 0 bridgehead atoms. The number of hydrogen-bond acceptors (Lipinski definition) is 4. The first-order valence-electron chi connectivity index (χ1n) is 4.44. The molecule has 14 heavy (non-hydrogen) atoms. The molecular weight excluding hydrogens is 180 g/mol. The predicted octanol–water partition coefficient (Wildman–Crippen LogP) is 1.96. The second-order valence-corrected chi connectivity index (χ2v) is 3.09. The van der Waals surface area contributed by atoms with Crippen LogP contribution in [-0.2, 0) is 6.54 Å². The molecule has 0 spiro atoms. The van der Waals surface area contributed by atoms with E-state index in [0.29, 0.717) is 12.4 Å². The largest absolute Gasteiger partial charge is 0.469 e. The molecule has 0 aliphatic heterocycles. The molecule has 1 N–H and O–H groups in total. The Balaban J connectivity index is 2.24. The third-order valence-electron chi connectivity index (χ3n) is 1.90. The highest BCUT2D eigenvalue weighted by Gasteiger charge is 2.07. The summed E-state index contributed by atoms with van der Waals surface area (Å²) < 4.78 is 10.7. The van der Waals surface area contributed by atoms with Gasteiger partial charge in [0.05, 0.1) is 18.3 Å². The molecule has 0 atom stereocenters. The summed E-state index contributed by atoms with van der Waals surface area (Å²) >= 11 is 0. The second-order valence-electron chi connectivity index (χ2n) is 3.09. The fraction of sp³-hybridized carbons (Fsp3) is 0.300. The standard InChI is InChI=1S/C10H12N2O2/c1-7-3-8(6-13-7)9-4-12-10(14-9)5-11-2/h3-4,6,11H,5H2,1-2H3. The summed E-state index contributed by atoms with van der Waals surface area (Å²) in [5.41, 5.74) is 0.928. The van der Waals surface area contributed by atoms with Crippen LogP contribution in [0.2, 0.25) is 0 Å². The van der Waals surface area contributed by atoms with Crippen molar-refractivity contribution in [1.82, 2.24) is 10.3 Å². The molecule has 0 unspecified atom stereocenters. The molecule has 4 nitrogen and oxygen atoms in total. The Morgan fingerprint density at radius 1 is 1.50 bits per heavy atom. The molecule has 0 aliphatic carbocycles. The smallest absolute Gasteiger partial charge is 0.208 e. The van der Waals surface area contributed by atoms with E-state index in [9.17, 15) is 0 Å². The van der Waals surface area contributed by atoms with E-state index in [0.717, 1.165) is 17.1 Å². The fourth-order valence-electron chi connectivity index (χ4n) is 1.25. The quantitative estimate of drug-likeness (QED) is 0.807. The minimum absolute atomic E-state index is 0.636. The van der Waals surface area contributed by atoms with Gasteiger partial charge < -0.3 is 14.2 Å². The maximum Gasteiger partial charge on any atom is 0.208 e. The molecule has 0 aliphatic rings. The van der Waals surface area contributed by atoms with Crippen LogP contribution >= 0.6 is 0 Å². The summed E-state index contributed by atoms with van der Waals surface area (Å²) in [6.45, 7) is 2.53. The van der Waals surface area contributed by atoms with Gasteiger partial charge in [-0.25, -0.2) is 4.98 Å². The van der Waals surface area contributed by atoms with Crippen LogP contribution in [0, 0.1) is 6.92 Å². The van der Waals surface area contributed by atoms with Crippen LogP contribution in [0.1, 0.15) is 11.7 Å². The molecule has 0 saturated heterocycles. The minimum Gasteiger partial charge on any atom is -0.469 e. The average molecular weight is 192 g/mol. The van der Waals surface area contributed by atoms with Gasteiger partial charge in [0.1, 0.15) is 12.0 Å². The van der Waals surface area contributed by atoms with Gasteiger partial charge in [-0.2, -0.15) is 0 Å². The zero-order valence-corrected chi connectivity index (χ0v) is 8.20. The Morgan fingerprint density at radius 2 is 2.36 bits per heavy atom. The Bertz CT molecular complexity index is 417. The highest BCUT2D eigenvalue weighted by Crippen LogP contribution is 2.22. The van der Waals surface area contributed by atoms with E-state index < -0.39 is 0 Å². The van der Waals surface area contributed by atoms with Crippen molar-refractivity contribution in [1.29, 1.82) is 0 Å². The minimum atomic E-state index is 0.636. The lowest BCUT2D eigenvalue weighted by Gasteiger charge is -1.90. The van der Waals surface area contributed by atoms with Gasteiger partial charge in [0.25, 0.3) is 0 Å². The molecule has 2 heterocycles. The SMILES string of the molecule is CNCc1ncc(-c2coc(C)c2)o1. The van der Waals surface area contributed by atoms with E-state index in [4.69, 9.17) is 8.83 Å². The summed E-state index contributed by atoms with van der Waals surface area (Å²) in [4.78, 5) is 4.12. The highest BCUT2D eigenvalue weighted by molar-refractivity contribution is 5.55. The van der Waals surface area contributed by atoms with E-state index >= 15 is 0 Å². The summed E-state index contributed by atoms with van der Waals surface area (Å²) in [6.07, 6.45) is 3.37. The van der Waals surface area contributed by atoms with Crippen LogP contribution in [0.25, 0.3) is 11.3 Å². The molecule has 2 aromatic heterocycles. The van der Waals surface area contributed by atoms with Gasteiger partial charge in [0.2, 0.25) is 5.89 Å². The second kappa shape index (κ2) is 3.67. The van der Waals surface area contributed by atoms with Crippen LogP contribution in [-0.4, -0.2) is 12.0 Å². The number of aromatic nitrogens is 1. The molecule has 0 aromatic carbocycles. The van der Waals surface area contributed by atoms with Gasteiger partial charge >= 0.3 is 0 Å². The lowest BCUT2D eigenvalue weighted by Crippen LogP contribution is -2.04. The van der Waals surface area contributed by atoms with Gasteiger partial charge in [0.15, 0.2) is 5.76 Å². The lowest BCUT2D eigenvalue weighted by molar-refractivity contribution is 0.489. The van der Waals surface area contributed by atoms with E-state index in [2.05, 4.69) is 10.3 Å². The molecule has 0 radical (unpaired) electrons. The zero-order valence-electron chi connectivity index (χ0n) is 8.20. The van der Waals surface area contributed by atoms with Crippen LogP contribution in [0.5, 0.6) is 0 Å². The van der Waals surface area contributed by atoms with Crippen molar-refractivity contribution < 1.29 is 8.83 Å². The lowest BCUT2D eigenvalue weighted by atomic mass is 10.3. The normalized spacial score (nSPS) is 10.7. The van der Waals surface area contributed by atoms with Gasteiger partial charge in [-0.15, -0.1) is 0 Å². The van der Waals surface area contributed by atoms with E-state index in [-0.39, 0.29) is 0 Å². The van der Waals surface area contributed by atoms with Crippen molar-refractivity contribution in [2.24, 2.45) is 0 Å². The number of aryl methyl sites for hydroxylation is 1. The number of hydrogen-bond donors (Lipinski definition) is 1. The fourth-order valence-corrected chi connectivity index (χ4v) is 1.25. The maximum atomic E-state index is 5.49. The number of furan rings is 1. The van der Waals surface area contributed by atoms with Gasteiger partial charge in [0, 0.05) is 0 Å².